The van der Waals surface area contributed by atoms with Gasteiger partial charge in [-0.3, -0.25) is 4.79 Å². The maximum atomic E-state index is 11.8. The molecule has 1 aliphatic rings. The first kappa shape index (κ1) is 13.7. The van der Waals surface area contributed by atoms with Crippen molar-refractivity contribution in [3.8, 4) is 0 Å². The van der Waals surface area contributed by atoms with E-state index >= 15 is 0 Å². The topological polar surface area (TPSA) is 70.2 Å². The Kier molecular flexibility index (Phi) is 5.09. The van der Waals surface area contributed by atoms with E-state index in [1.807, 2.05) is 6.92 Å². The highest BCUT2D eigenvalue weighted by Gasteiger charge is 2.12. The largest absolute Gasteiger partial charge is 0.369 e. The lowest BCUT2D eigenvalue weighted by Gasteiger charge is -2.14. The van der Waals surface area contributed by atoms with Crippen molar-refractivity contribution in [3.63, 3.8) is 0 Å². The van der Waals surface area contributed by atoms with Crippen LogP contribution in [0.3, 0.4) is 0 Å². The van der Waals surface area contributed by atoms with E-state index in [0.717, 1.165) is 26.2 Å². The Balaban J connectivity index is 1.75. The summed E-state index contributed by atoms with van der Waals surface area (Å²) in [6.45, 7) is 6.64. The molecule has 0 saturated carbocycles. The lowest BCUT2D eigenvalue weighted by Crippen LogP contribution is -2.33. The summed E-state index contributed by atoms with van der Waals surface area (Å²) in [5.41, 5.74) is 0.364. The van der Waals surface area contributed by atoms with Crippen LogP contribution in [0.25, 0.3) is 0 Å². The predicted molar refractivity (Wildman–Crippen MR) is 74.2 cm³/mol. The molecule has 1 fully saturated rings. The number of carbonyl (C=O) groups excluding carboxylic acids is 1. The molecule has 0 aliphatic carbocycles. The van der Waals surface area contributed by atoms with Gasteiger partial charge in [0.25, 0.3) is 5.91 Å². The van der Waals surface area contributed by atoms with E-state index in [2.05, 4.69) is 25.5 Å². The average Bonchev–Trinajstić information content (AvgIpc) is 2.93. The van der Waals surface area contributed by atoms with Crippen molar-refractivity contribution in [2.24, 2.45) is 0 Å². The maximum Gasteiger partial charge on any atom is 0.271 e. The van der Waals surface area contributed by atoms with Crippen molar-refractivity contribution in [2.45, 2.75) is 19.8 Å². The highest BCUT2D eigenvalue weighted by molar-refractivity contribution is 5.91. The van der Waals surface area contributed by atoms with Gasteiger partial charge < -0.3 is 15.5 Å². The van der Waals surface area contributed by atoms with E-state index < -0.39 is 0 Å². The molecular formula is C13H21N5O. The van der Waals surface area contributed by atoms with Gasteiger partial charge in [0.1, 0.15) is 11.5 Å². The Morgan fingerprint density at radius 3 is 2.74 bits per heavy atom. The van der Waals surface area contributed by atoms with Crippen LogP contribution in [0.15, 0.2) is 12.4 Å². The first-order valence-electron chi connectivity index (χ1n) is 6.86. The number of amides is 1. The molecule has 2 N–H and O–H groups in total. The molecule has 6 heteroatoms. The zero-order chi connectivity index (χ0) is 13.5. The van der Waals surface area contributed by atoms with E-state index in [0.29, 0.717) is 18.1 Å². The first-order valence-corrected chi connectivity index (χ1v) is 6.86. The van der Waals surface area contributed by atoms with Crippen molar-refractivity contribution in [3.05, 3.63) is 18.1 Å². The summed E-state index contributed by atoms with van der Waals surface area (Å²) in [4.78, 5) is 22.4. The second kappa shape index (κ2) is 7.04. The molecule has 1 aliphatic heterocycles. The molecule has 2 heterocycles. The van der Waals surface area contributed by atoms with Gasteiger partial charge in [0.2, 0.25) is 0 Å². The number of nitrogens with one attached hydrogen (secondary N) is 2. The van der Waals surface area contributed by atoms with E-state index in [9.17, 15) is 4.79 Å². The molecule has 19 heavy (non-hydrogen) atoms. The number of aromatic nitrogens is 2. The van der Waals surface area contributed by atoms with E-state index in [-0.39, 0.29) is 5.91 Å². The number of hydrogen-bond donors (Lipinski definition) is 2. The summed E-state index contributed by atoms with van der Waals surface area (Å²) in [6.07, 6.45) is 5.62. The minimum Gasteiger partial charge on any atom is -0.369 e. The fraction of sp³-hybridized carbons (Fsp3) is 0.615. The molecule has 1 aromatic heterocycles. The Hall–Kier alpha value is -1.69. The highest BCUT2D eigenvalue weighted by atomic mass is 16.1. The third kappa shape index (κ3) is 4.17. The van der Waals surface area contributed by atoms with Gasteiger partial charge in [-0.15, -0.1) is 0 Å². The minimum atomic E-state index is -0.158. The number of hydrogen-bond acceptors (Lipinski definition) is 5. The first-order chi connectivity index (χ1) is 9.29. The van der Waals surface area contributed by atoms with E-state index in [1.165, 1.54) is 19.0 Å². The second-order valence-corrected chi connectivity index (χ2v) is 4.62. The van der Waals surface area contributed by atoms with Crippen molar-refractivity contribution in [1.29, 1.82) is 0 Å². The van der Waals surface area contributed by atoms with Crippen molar-refractivity contribution in [1.82, 2.24) is 20.2 Å². The van der Waals surface area contributed by atoms with Crippen molar-refractivity contribution < 1.29 is 4.79 Å². The monoisotopic (exact) mass is 263 g/mol. The quantitative estimate of drug-likeness (QED) is 0.792. The summed E-state index contributed by atoms with van der Waals surface area (Å²) in [5.74, 6) is 0.533. The molecule has 2 rings (SSSR count). The lowest BCUT2D eigenvalue weighted by molar-refractivity contribution is 0.0944. The van der Waals surface area contributed by atoms with Crippen LogP contribution >= 0.6 is 0 Å². The molecule has 0 bridgehead atoms. The maximum absolute atomic E-state index is 11.8. The van der Waals surface area contributed by atoms with Crippen LogP contribution < -0.4 is 10.6 Å². The van der Waals surface area contributed by atoms with Gasteiger partial charge in [-0.05, 0) is 32.9 Å². The normalized spacial score (nSPS) is 15.4. The summed E-state index contributed by atoms with van der Waals surface area (Å²) >= 11 is 0. The van der Waals surface area contributed by atoms with Crippen LogP contribution in [-0.4, -0.2) is 53.5 Å². The van der Waals surface area contributed by atoms with Crippen molar-refractivity contribution >= 4 is 11.7 Å². The van der Waals surface area contributed by atoms with Gasteiger partial charge in [0.05, 0.1) is 12.4 Å². The lowest BCUT2D eigenvalue weighted by atomic mass is 10.4. The molecule has 1 amide bonds. The average molecular weight is 263 g/mol. The van der Waals surface area contributed by atoms with E-state index in [1.54, 1.807) is 6.20 Å². The number of nitrogens with zero attached hydrogens (tertiary/aromatic N) is 3. The summed E-state index contributed by atoms with van der Waals surface area (Å²) in [6, 6.07) is 0. The molecule has 0 radical (unpaired) electrons. The fourth-order valence-electron chi connectivity index (χ4n) is 2.14. The van der Waals surface area contributed by atoms with E-state index in [4.69, 9.17) is 0 Å². The summed E-state index contributed by atoms with van der Waals surface area (Å²) in [5, 5.41) is 5.92. The fourth-order valence-corrected chi connectivity index (χ4v) is 2.14. The standard InChI is InChI=1S/C13H21N5O/c1-2-14-12-10-16-11(9-17-12)13(19)15-5-8-18-6-3-4-7-18/h9-10H,2-8H2,1H3,(H,14,17)(H,15,19). The minimum absolute atomic E-state index is 0.158. The Morgan fingerprint density at radius 2 is 2.11 bits per heavy atom. The van der Waals surface area contributed by atoms with Gasteiger partial charge in [0.15, 0.2) is 0 Å². The van der Waals surface area contributed by atoms with Crippen LogP contribution in [0.4, 0.5) is 5.82 Å². The molecule has 0 spiro atoms. The summed E-state index contributed by atoms with van der Waals surface area (Å²) < 4.78 is 0. The number of carbonyl (C=O) groups is 1. The zero-order valence-electron chi connectivity index (χ0n) is 11.4. The van der Waals surface area contributed by atoms with Crippen LogP contribution in [0, 0.1) is 0 Å². The van der Waals surface area contributed by atoms with Gasteiger partial charge in [0, 0.05) is 19.6 Å². The molecule has 104 valence electrons. The molecule has 6 nitrogen and oxygen atoms in total. The number of anilines is 1. The third-order valence-corrected chi connectivity index (χ3v) is 3.15. The zero-order valence-corrected chi connectivity index (χ0v) is 11.4. The van der Waals surface area contributed by atoms with Crippen molar-refractivity contribution in [2.75, 3.05) is 38.0 Å². The second-order valence-electron chi connectivity index (χ2n) is 4.62. The van der Waals surface area contributed by atoms with Crippen LogP contribution in [0.1, 0.15) is 30.3 Å². The predicted octanol–water partition coefficient (Wildman–Crippen LogP) is 0.734. The van der Waals surface area contributed by atoms with Gasteiger partial charge >= 0.3 is 0 Å². The molecule has 1 saturated heterocycles. The number of likely N-dealkylation sites (tertiary alicyclic amines) is 1. The molecular weight excluding hydrogens is 242 g/mol. The van der Waals surface area contributed by atoms with Crippen LogP contribution in [0.2, 0.25) is 0 Å². The van der Waals surface area contributed by atoms with Crippen LogP contribution in [0.5, 0.6) is 0 Å². The number of rotatable bonds is 6. The molecule has 0 atom stereocenters. The Labute approximate surface area is 113 Å². The molecule has 0 aromatic carbocycles. The molecule has 0 unspecified atom stereocenters. The third-order valence-electron chi connectivity index (χ3n) is 3.15. The molecule has 1 aromatic rings. The Morgan fingerprint density at radius 1 is 1.32 bits per heavy atom. The SMILES string of the molecule is CCNc1cnc(C(=O)NCCN2CCCC2)cn1. The highest BCUT2D eigenvalue weighted by Crippen LogP contribution is 2.05. The smallest absolute Gasteiger partial charge is 0.271 e. The van der Waals surface area contributed by atoms with Gasteiger partial charge in [-0.1, -0.05) is 0 Å². The van der Waals surface area contributed by atoms with Crippen LogP contribution in [-0.2, 0) is 0 Å². The Bertz CT molecular complexity index is 400. The summed E-state index contributed by atoms with van der Waals surface area (Å²) in [7, 11) is 0. The van der Waals surface area contributed by atoms with Gasteiger partial charge in [-0.2, -0.15) is 0 Å². The van der Waals surface area contributed by atoms with Gasteiger partial charge in [-0.25, -0.2) is 9.97 Å².